The molecule has 0 radical (unpaired) electrons. The van der Waals surface area contributed by atoms with Crippen LogP contribution in [-0.4, -0.2) is 69.9 Å². The van der Waals surface area contributed by atoms with Gasteiger partial charge in [-0.05, 0) is 30.0 Å². The third-order valence-corrected chi connectivity index (χ3v) is 5.36. The van der Waals surface area contributed by atoms with Crippen molar-refractivity contribution in [1.82, 2.24) is 16.0 Å². The average Bonchev–Trinajstić information content (AvgIpc) is 2.80. The van der Waals surface area contributed by atoms with Crippen LogP contribution in [0.5, 0.6) is 5.75 Å². The Hall–Kier alpha value is -4.20. The topological polar surface area (TPSA) is 257 Å². The van der Waals surface area contributed by atoms with Crippen molar-refractivity contribution in [1.29, 1.82) is 0 Å². The first-order valence-corrected chi connectivity index (χ1v) is 11.4. The number of hydrogen-bond acceptors (Lipinski definition) is 8. The molecule has 4 unspecified atom stereocenters. The second kappa shape index (κ2) is 14.4. The van der Waals surface area contributed by atoms with Crippen LogP contribution in [-0.2, 0) is 35.2 Å². The zero-order valence-electron chi connectivity index (χ0n) is 20.6. The zero-order valence-corrected chi connectivity index (χ0v) is 20.6. The van der Waals surface area contributed by atoms with Gasteiger partial charge in [0.2, 0.25) is 29.5 Å². The van der Waals surface area contributed by atoms with E-state index >= 15 is 0 Å². The smallest absolute Gasteiger partial charge is 0.326 e. The van der Waals surface area contributed by atoms with Crippen LogP contribution >= 0.6 is 0 Å². The van der Waals surface area contributed by atoms with Crippen LogP contribution < -0.4 is 33.2 Å². The molecule has 1 rings (SSSR count). The fourth-order valence-corrected chi connectivity index (χ4v) is 3.15. The first kappa shape index (κ1) is 30.8. The number of phenolic OH excluding ortho intramolecular Hbond substituents is 1. The van der Waals surface area contributed by atoms with Crippen LogP contribution in [0, 0.1) is 5.92 Å². The highest BCUT2D eigenvalue weighted by Gasteiger charge is 2.31. The minimum Gasteiger partial charge on any atom is -0.508 e. The van der Waals surface area contributed by atoms with Gasteiger partial charge in [-0.1, -0.05) is 26.0 Å². The molecular weight excluding hydrogens is 488 g/mol. The summed E-state index contributed by atoms with van der Waals surface area (Å²) in [6.45, 7) is 3.42. The fraction of sp³-hybridized carbons (Fsp3) is 0.478. The van der Waals surface area contributed by atoms with Gasteiger partial charge < -0.3 is 43.4 Å². The average molecular weight is 523 g/mol. The highest BCUT2D eigenvalue weighted by molar-refractivity contribution is 5.96. The molecule has 0 aliphatic heterocycles. The summed E-state index contributed by atoms with van der Waals surface area (Å²) < 4.78 is 0. The van der Waals surface area contributed by atoms with E-state index in [-0.39, 0.29) is 30.9 Å². The molecule has 11 N–H and O–H groups in total. The van der Waals surface area contributed by atoms with Gasteiger partial charge in [0.15, 0.2) is 0 Å². The standard InChI is InChI=1S/C23H34N6O8/c1-11(2)19(26)22(35)29-15(9-12-3-5-13(30)6-4-12)20(33)28-16(10-18(25)32)21(34)27-14(23(36)37)7-8-17(24)31/h3-6,11,14-16,19,30H,7-10,26H2,1-2H3,(H2,24,31)(H2,25,32)(H,27,34)(H,28,33)(H,29,35)(H,36,37). The van der Waals surface area contributed by atoms with E-state index in [0.29, 0.717) is 5.56 Å². The van der Waals surface area contributed by atoms with E-state index in [0.717, 1.165) is 0 Å². The third kappa shape index (κ3) is 10.9. The van der Waals surface area contributed by atoms with Gasteiger partial charge in [-0.3, -0.25) is 24.0 Å². The summed E-state index contributed by atoms with van der Waals surface area (Å²) in [4.78, 5) is 72.5. The van der Waals surface area contributed by atoms with Crippen molar-refractivity contribution < 1.29 is 39.0 Å². The molecule has 204 valence electrons. The predicted molar refractivity (Wildman–Crippen MR) is 130 cm³/mol. The second-order valence-corrected chi connectivity index (χ2v) is 8.84. The lowest BCUT2D eigenvalue weighted by Gasteiger charge is -2.25. The Morgan fingerprint density at radius 1 is 0.811 bits per heavy atom. The third-order valence-electron chi connectivity index (χ3n) is 5.36. The van der Waals surface area contributed by atoms with Crippen LogP contribution in [0.15, 0.2) is 24.3 Å². The molecule has 0 aliphatic rings. The minimum absolute atomic E-state index is 0.0156. The number of carbonyl (C=O) groups excluding carboxylic acids is 5. The van der Waals surface area contributed by atoms with Crippen LogP contribution in [0.3, 0.4) is 0 Å². The number of phenols is 1. The number of carboxylic acid groups (broad SMARTS) is 1. The number of primary amides is 2. The monoisotopic (exact) mass is 522 g/mol. The van der Waals surface area contributed by atoms with E-state index in [2.05, 4.69) is 16.0 Å². The molecule has 0 saturated carbocycles. The Morgan fingerprint density at radius 2 is 1.32 bits per heavy atom. The number of carboxylic acids is 1. The van der Waals surface area contributed by atoms with Crippen molar-refractivity contribution >= 4 is 35.5 Å². The van der Waals surface area contributed by atoms with Gasteiger partial charge >= 0.3 is 5.97 Å². The molecule has 1 aromatic rings. The van der Waals surface area contributed by atoms with Gasteiger partial charge in [0, 0.05) is 12.8 Å². The molecule has 0 saturated heterocycles. The molecule has 0 aliphatic carbocycles. The summed E-state index contributed by atoms with van der Waals surface area (Å²) in [7, 11) is 0. The molecule has 0 spiro atoms. The van der Waals surface area contributed by atoms with E-state index in [1.54, 1.807) is 13.8 Å². The molecule has 14 nitrogen and oxygen atoms in total. The minimum atomic E-state index is -1.58. The number of hydrogen-bond donors (Lipinski definition) is 8. The molecule has 4 atom stereocenters. The quantitative estimate of drug-likeness (QED) is 0.122. The maximum Gasteiger partial charge on any atom is 0.326 e. The lowest BCUT2D eigenvalue weighted by molar-refractivity contribution is -0.142. The lowest BCUT2D eigenvalue weighted by Crippen LogP contribution is -2.58. The number of aromatic hydroxyl groups is 1. The number of aliphatic carboxylic acids is 1. The fourth-order valence-electron chi connectivity index (χ4n) is 3.15. The van der Waals surface area contributed by atoms with E-state index in [1.807, 2.05) is 0 Å². The van der Waals surface area contributed by atoms with Gasteiger partial charge in [0.1, 0.15) is 23.9 Å². The van der Waals surface area contributed by atoms with Crippen molar-refractivity contribution in [2.24, 2.45) is 23.1 Å². The largest absolute Gasteiger partial charge is 0.508 e. The van der Waals surface area contributed by atoms with Crippen molar-refractivity contribution in [3.63, 3.8) is 0 Å². The summed E-state index contributed by atoms with van der Waals surface area (Å²) >= 11 is 0. The van der Waals surface area contributed by atoms with Crippen LogP contribution in [0.2, 0.25) is 0 Å². The van der Waals surface area contributed by atoms with Gasteiger partial charge in [0.25, 0.3) is 0 Å². The second-order valence-electron chi connectivity index (χ2n) is 8.84. The Balaban J connectivity index is 3.14. The molecule has 0 aromatic heterocycles. The SMILES string of the molecule is CC(C)C(N)C(=O)NC(Cc1ccc(O)cc1)C(=O)NC(CC(N)=O)C(=O)NC(CCC(N)=O)C(=O)O. The van der Waals surface area contributed by atoms with Gasteiger partial charge in [-0.2, -0.15) is 0 Å². The maximum absolute atomic E-state index is 13.1. The van der Waals surface area contributed by atoms with Crippen LogP contribution in [0.25, 0.3) is 0 Å². The van der Waals surface area contributed by atoms with Crippen molar-refractivity contribution in [2.75, 3.05) is 0 Å². The molecule has 0 bridgehead atoms. The van der Waals surface area contributed by atoms with Gasteiger partial charge in [0.05, 0.1) is 12.5 Å². The lowest BCUT2D eigenvalue weighted by atomic mass is 10.0. The van der Waals surface area contributed by atoms with Gasteiger partial charge in [-0.25, -0.2) is 4.79 Å². The van der Waals surface area contributed by atoms with Crippen molar-refractivity contribution in [2.45, 2.75) is 63.7 Å². The highest BCUT2D eigenvalue weighted by Crippen LogP contribution is 2.12. The highest BCUT2D eigenvalue weighted by atomic mass is 16.4. The Kier molecular flexibility index (Phi) is 12.0. The predicted octanol–water partition coefficient (Wildman–Crippen LogP) is -2.40. The number of carbonyl (C=O) groups is 6. The Labute approximate surface area is 213 Å². The summed E-state index contributed by atoms with van der Waals surface area (Å²) in [5.41, 5.74) is 16.7. The first-order chi connectivity index (χ1) is 17.2. The van der Waals surface area contributed by atoms with Gasteiger partial charge in [-0.15, -0.1) is 0 Å². The van der Waals surface area contributed by atoms with E-state index in [4.69, 9.17) is 17.2 Å². The van der Waals surface area contributed by atoms with E-state index in [9.17, 15) is 39.0 Å². The van der Waals surface area contributed by atoms with Crippen molar-refractivity contribution in [3.05, 3.63) is 29.8 Å². The molecule has 0 heterocycles. The number of nitrogens with one attached hydrogen (secondary N) is 3. The molecule has 1 aromatic carbocycles. The number of amides is 5. The van der Waals surface area contributed by atoms with E-state index in [1.165, 1.54) is 24.3 Å². The summed E-state index contributed by atoms with van der Waals surface area (Å²) in [5, 5.41) is 25.8. The van der Waals surface area contributed by atoms with Crippen molar-refractivity contribution in [3.8, 4) is 5.75 Å². The zero-order chi connectivity index (χ0) is 28.3. The molecule has 37 heavy (non-hydrogen) atoms. The molecule has 5 amide bonds. The summed E-state index contributed by atoms with van der Waals surface area (Å²) in [6.07, 6.45) is -1.39. The van der Waals surface area contributed by atoms with Crippen LogP contribution in [0.1, 0.15) is 38.7 Å². The number of rotatable bonds is 15. The maximum atomic E-state index is 13.1. The summed E-state index contributed by atoms with van der Waals surface area (Å²) in [5.74, 6) is -6.03. The normalized spacial score (nSPS) is 14.1. The Bertz CT molecular complexity index is 997. The van der Waals surface area contributed by atoms with Crippen LogP contribution in [0.4, 0.5) is 0 Å². The van der Waals surface area contributed by atoms with E-state index < -0.39 is 66.1 Å². The number of benzene rings is 1. The number of nitrogens with two attached hydrogens (primary N) is 3. The Morgan fingerprint density at radius 3 is 1.81 bits per heavy atom. The molecule has 14 heteroatoms. The summed E-state index contributed by atoms with van der Waals surface area (Å²) in [6, 6.07) is 0.502. The molecular formula is C23H34N6O8. The first-order valence-electron chi connectivity index (χ1n) is 11.4. The molecule has 0 fully saturated rings.